The molecule has 3 rings (SSSR count). The Balaban J connectivity index is 1.97. The van der Waals surface area contributed by atoms with Gasteiger partial charge >= 0.3 is 5.97 Å². The van der Waals surface area contributed by atoms with Crippen LogP contribution in [0.2, 0.25) is 0 Å². The molecule has 1 saturated heterocycles. The Morgan fingerprint density at radius 1 is 1.50 bits per heavy atom. The number of ether oxygens (including phenoxy) is 3. The molecule has 0 aromatic heterocycles. The third-order valence-electron chi connectivity index (χ3n) is 3.87. The summed E-state index contributed by atoms with van der Waals surface area (Å²) in [6.07, 6.45) is 0.544. The molecule has 20 heavy (non-hydrogen) atoms. The molecule has 0 saturated carbocycles. The van der Waals surface area contributed by atoms with Crippen molar-refractivity contribution in [3.05, 3.63) is 23.3 Å². The average molecular weight is 279 g/mol. The summed E-state index contributed by atoms with van der Waals surface area (Å²) in [6.45, 7) is 1.17. The van der Waals surface area contributed by atoms with Gasteiger partial charge in [0.25, 0.3) is 0 Å². The fourth-order valence-electron chi connectivity index (χ4n) is 2.86. The van der Waals surface area contributed by atoms with E-state index in [-0.39, 0.29) is 18.8 Å². The molecule has 1 aromatic rings. The lowest BCUT2D eigenvalue weighted by Gasteiger charge is -2.25. The van der Waals surface area contributed by atoms with Gasteiger partial charge in [-0.3, -0.25) is 4.79 Å². The molecule has 2 atom stereocenters. The maximum Gasteiger partial charge on any atom is 0.307 e. The highest BCUT2D eigenvalue weighted by atomic mass is 16.7. The fraction of sp³-hybridized carbons (Fsp3) is 0.500. The van der Waals surface area contributed by atoms with Crippen molar-refractivity contribution in [2.24, 2.45) is 5.92 Å². The molecule has 6 nitrogen and oxygen atoms in total. The van der Waals surface area contributed by atoms with Gasteiger partial charge in [-0.2, -0.15) is 0 Å². The van der Waals surface area contributed by atoms with E-state index in [0.717, 1.165) is 22.6 Å². The molecule has 0 bridgehead atoms. The van der Waals surface area contributed by atoms with Gasteiger partial charge in [0.05, 0.1) is 19.6 Å². The second-order valence-electron chi connectivity index (χ2n) is 5.00. The number of aliphatic carboxylic acids is 1. The monoisotopic (exact) mass is 279 g/mol. The summed E-state index contributed by atoms with van der Waals surface area (Å²) >= 11 is 0. The largest absolute Gasteiger partial charge is 0.496 e. The lowest BCUT2D eigenvalue weighted by atomic mass is 9.94. The highest BCUT2D eigenvalue weighted by Gasteiger charge is 2.34. The van der Waals surface area contributed by atoms with Crippen molar-refractivity contribution in [2.75, 3.05) is 20.4 Å². The van der Waals surface area contributed by atoms with Crippen molar-refractivity contribution in [2.45, 2.75) is 19.1 Å². The highest BCUT2D eigenvalue weighted by molar-refractivity contribution is 5.71. The van der Waals surface area contributed by atoms with E-state index in [1.165, 1.54) is 0 Å². The van der Waals surface area contributed by atoms with Crippen molar-refractivity contribution in [1.82, 2.24) is 5.32 Å². The molecule has 108 valence electrons. The normalized spacial score (nSPS) is 24.9. The molecule has 2 aliphatic rings. The number of fused-ring (bicyclic) bond motifs is 1. The molecule has 2 aliphatic heterocycles. The lowest BCUT2D eigenvalue weighted by Crippen LogP contribution is -2.20. The zero-order chi connectivity index (χ0) is 14.1. The van der Waals surface area contributed by atoms with E-state index < -0.39 is 5.97 Å². The summed E-state index contributed by atoms with van der Waals surface area (Å²) in [5, 5.41) is 12.4. The number of methoxy groups -OCH3 is 1. The van der Waals surface area contributed by atoms with E-state index in [2.05, 4.69) is 5.32 Å². The predicted octanol–water partition coefficient (Wildman–Crippen LogP) is 1.30. The maximum absolute atomic E-state index is 11.1. The zero-order valence-electron chi connectivity index (χ0n) is 11.2. The first-order valence-corrected chi connectivity index (χ1v) is 6.57. The van der Waals surface area contributed by atoms with Crippen molar-refractivity contribution in [1.29, 1.82) is 0 Å². The SMILES string of the molecule is COc1ccc2c(c1C1CC(C(=O)O)CN1)COCO2. The lowest BCUT2D eigenvalue weighted by molar-refractivity contribution is -0.141. The second kappa shape index (κ2) is 5.30. The van der Waals surface area contributed by atoms with Gasteiger partial charge in [0.15, 0.2) is 6.79 Å². The summed E-state index contributed by atoms with van der Waals surface area (Å²) in [4.78, 5) is 11.1. The summed E-state index contributed by atoms with van der Waals surface area (Å²) in [5.74, 6) is 0.385. The van der Waals surface area contributed by atoms with Crippen LogP contribution in [0.1, 0.15) is 23.6 Å². The molecule has 2 unspecified atom stereocenters. The number of hydrogen-bond donors (Lipinski definition) is 2. The van der Waals surface area contributed by atoms with Crippen LogP contribution in [0.4, 0.5) is 0 Å². The summed E-state index contributed by atoms with van der Waals surface area (Å²) in [5.41, 5.74) is 1.90. The van der Waals surface area contributed by atoms with Crippen LogP contribution in [0.3, 0.4) is 0 Å². The Morgan fingerprint density at radius 2 is 2.35 bits per heavy atom. The molecule has 6 heteroatoms. The molecule has 1 aromatic carbocycles. The Morgan fingerprint density at radius 3 is 3.05 bits per heavy atom. The van der Waals surface area contributed by atoms with Gasteiger partial charge in [0, 0.05) is 23.7 Å². The van der Waals surface area contributed by atoms with Gasteiger partial charge in [0.2, 0.25) is 0 Å². The van der Waals surface area contributed by atoms with Crippen molar-refractivity contribution in [3.8, 4) is 11.5 Å². The van der Waals surface area contributed by atoms with Crippen molar-refractivity contribution < 1.29 is 24.1 Å². The third-order valence-corrected chi connectivity index (χ3v) is 3.87. The highest BCUT2D eigenvalue weighted by Crippen LogP contribution is 2.41. The third kappa shape index (κ3) is 2.21. The Bertz CT molecular complexity index is 531. The summed E-state index contributed by atoms with van der Waals surface area (Å²) in [7, 11) is 1.61. The first kappa shape index (κ1) is 13.2. The van der Waals surface area contributed by atoms with Gasteiger partial charge in [0.1, 0.15) is 11.5 Å². The predicted molar refractivity (Wildman–Crippen MR) is 69.8 cm³/mol. The summed E-state index contributed by atoms with van der Waals surface area (Å²) in [6, 6.07) is 3.67. The van der Waals surface area contributed by atoms with Crippen LogP contribution in [0.5, 0.6) is 11.5 Å². The topological polar surface area (TPSA) is 77.0 Å². The van der Waals surface area contributed by atoms with E-state index in [9.17, 15) is 4.79 Å². The Labute approximate surface area is 116 Å². The zero-order valence-corrected chi connectivity index (χ0v) is 11.2. The minimum Gasteiger partial charge on any atom is -0.496 e. The van der Waals surface area contributed by atoms with E-state index >= 15 is 0 Å². The van der Waals surface area contributed by atoms with E-state index in [1.54, 1.807) is 7.11 Å². The number of carboxylic acids is 1. The van der Waals surface area contributed by atoms with E-state index in [1.807, 2.05) is 12.1 Å². The number of carbonyl (C=O) groups is 1. The molecule has 0 spiro atoms. The minimum atomic E-state index is -0.767. The number of rotatable bonds is 3. The quantitative estimate of drug-likeness (QED) is 0.868. The molecule has 2 N–H and O–H groups in total. The van der Waals surface area contributed by atoms with Crippen LogP contribution in [0.15, 0.2) is 12.1 Å². The number of hydrogen-bond acceptors (Lipinski definition) is 5. The first-order valence-electron chi connectivity index (χ1n) is 6.57. The Hall–Kier alpha value is -1.79. The van der Waals surface area contributed by atoms with Crippen molar-refractivity contribution in [3.63, 3.8) is 0 Å². The fourth-order valence-corrected chi connectivity index (χ4v) is 2.86. The van der Waals surface area contributed by atoms with Crippen LogP contribution in [-0.2, 0) is 16.1 Å². The van der Waals surface area contributed by atoms with Crippen LogP contribution < -0.4 is 14.8 Å². The van der Waals surface area contributed by atoms with Crippen LogP contribution in [0, 0.1) is 5.92 Å². The number of carboxylic acid groups (broad SMARTS) is 1. The van der Waals surface area contributed by atoms with Crippen LogP contribution in [-0.4, -0.2) is 31.5 Å². The van der Waals surface area contributed by atoms with Crippen LogP contribution in [0.25, 0.3) is 0 Å². The van der Waals surface area contributed by atoms with Crippen molar-refractivity contribution >= 4 is 5.97 Å². The molecular weight excluding hydrogens is 262 g/mol. The van der Waals surface area contributed by atoms with E-state index in [4.69, 9.17) is 19.3 Å². The first-order chi connectivity index (χ1) is 9.70. The van der Waals surface area contributed by atoms with Gasteiger partial charge < -0.3 is 24.6 Å². The smallest absolute Gasteiger partial charge is 0.307 e. The molecule has 0 aliphatic carbocycles. The standard InChI is InChI=1S/C14H17NO5/c1-18-12-3-2-11-9(6-19-7-20-11)13(12)10-4-8(5-15-10)14(16)17/h2-3,8,10,15H,4-7H2,1H3,(H,16,17). The van der Waals surface area contributed by atoms with Gasteiger partial charge in [-0.15, -0.1) is 0 Å². The molecule has 0 radical (unpaired) electrons. The maximum atomic E-state index is 11.1. The van der Waals surface area contributed by atoms with Gasteiger partial charge in [-0.05, 0) is 18.6 Å². The second-order valence-corrected chi connectivity index (χ2v) is 5.00. The number of benzene rings is 1. The Kier molecular flexibility index (Phi) is 3.50. The molecule has 1 fully saturated rings. The van der Waals surface area contributed by atoms with Gasteiger partial charge in [-0.25, -0.2) is 0 Å². The average Bonchev–Trinajstić information content (AvgIpc) is 2.95. The van der Waals surface area contributed by atoms with Gasteiger partial charge in [-0.1, -0.05) is 0 Å². The molecular formula is C14H17NO5. The van der Waals surface area contributed by atoms with Crippen LogP contribution >= 0.6 is 0 Å². The van der Waals surface area contributed by atoms with E-state index in [0.29, 0.717) is 19.6 Å². The molecule has 2 heterocycles. The minimum absolute atomic E-state index is 0.0497. The molecule has 0 amide bonds. The number of nitrogens with one attached hydrogen (secondary N) is 1. The summed E-state index contributed by atoms with van der Waals surface area (Å²) < 4.78 is 16.2.